The number of allylic oxidation sites excluding steroid dienone is 2. The molecule has 52 heavy (non-hydrogen) atoms. The van der Waals surface area contributed by atoms with E-state index in [0.29, 0.717) is 12.8 Å². The minimum atomic E-state index is -0.654. The maximum absolute atomic E-state index is 12.4. The SMILES string of the molecule is CCCCCCCCCCCCCC/C=C\CCCCCCCCCCCCCCCCC(=O)NC(CO)C(O)CCCCCCCCCCCC. The summed E-state index contributed by atoms with van der Waals surface area (Å²) in [5, 5.41) is 23.1. The number of unbranched alkanes of at least 4 members (excludes halogenated alkanes) is 35. The third kappa shape index (κ3) is 40.3. The van der Waals surface area contributed by atoms with Gasteiger partial charge < -0.3 is 15.5 Å². The van der Waals surface area contributed by atoms with Gasteiger partial charge in [0.15, 0.2) is 0 Å². The molecule has 0 radical (unpaired) electrons. The molecule has 4 heteroatoms. The number of nitrogens with one attached hydrogen (secondary N) is 1. The van der Waals surface area contributed by atoms with Crippen LogP contribution in [0.1, 0.15) is 271 Å². The Morgan fingerprint density at radius 3 is 1.06 bits per heavy atom. The summed E-state index contributed by atoms with van der Waals surface area (Å²) < 4.78 is 0. The van der Waals surface area contributed by atoms with Crippen LogP contribution in [0.15, 0.2) is 12.2 Å². The summed E-state index contributed by atoms with van der Waals surface area (Å²) in [5.74, 6) is -0.0294. The lowest BCUT2D eigenvalue weighted by Crippen LogP contribution is -2.45. The largest absolute Gasteiger partial charge is 0.394 e. The second-order valence-corrected chi connectivity index (χ2v) is 16.5. The molecule has 0 aromatic heterocycles. The molecule has 0 aromatic carbocycles. The van der Waals surface area contributed by atoms with Crippen molar-refractivity contribution in [2.24, 2.45) is 0 Å². The molecule has 0 saturated carbocycles. The summed E-state index contributed by atoms with van der Waals surface area (Å²) in [4.78, 5) is 12.4. The summed E-state index contributed by atoms with van der Waals surface area (Å²) in [6.07, 6.45) is 56.1. The van der Waals surface area contributed by atoms with Crippen LogP contribution in [-0.2, 0) is 4.79 Å². The summed E-state index contributed by atoms with van der Waals surface area (Å²) in [6, 6.07) is -0.531. The molecule has 4 nitrogen and oxygen atoms in total. The normalized spacial score (nSPS) is 12.9. The van der Waals surface area contributed by atoms with E-state index in [1.165, 1.54) is 218 Å². The van der Waals surface area contributed by atoms with Gasteiger partial charge in [0.05, 0.1) is 18.8 Å². The van der Waals surface area contributed by atoms with Gasteiger partial charge >= 0.3 is 0 Å². The Balaban J connectivity index is 3.39. The molecule has 1 amide bonds. The zero-order valence-corrected chi connectivity index (χ0v) is 35.6. The highest BCUT2D eigenvalue weighted by molar-refractivity contribution is 5.76. The predicted molar refractivity (Wildman–Crippen MR) is 230 cm³/mol. The van der Waals surface area contributed by atoms with Crippen molar-refractivity contribution in [2.45, 2.75) is 283 Å². The van der Waals surface area contributed by atoms with E-state index in [4.69, 9.17) is 0 Å². The van der Waals surface area contributed by atoms with Crippen LogP contribution in [0.4, 0.5) is 0 Å². The van der Waals surface area contributed by atoms with Crippen LogP contribution in [-0.4, -0.2) is 34.9 Å². The fourth-order valence-electron chi connectivity index (χ4n) is 7.59. The number of aliphatic hydroxyl groups is 2. The van der Waals surface area contributed by atoms with Crippen molar-refractivity contribution in [3.63, 3.8) is 0 Å². The number of carbonyl (C=O) groups excluding carboxylic acids is 1. The van der Waals surface area contributed by atoms with Gasteiger partial charge in [-0.15, -0.1) is 0 Å². The molecule has 2 unspecified atom stereocenters. The van der Waals surface area contributed by atoms with Gasteiger partial charge in [-0.25, -0.2) is 0 Å². The van der Waals surface area contributed by atoms with E-state index in [-0.39, 0.29) is 12.5 Å². The van der Waals surface area contributed by atoms with Crippen molar-refractivity contribution in [1.29, 1.82) is 0 Å². The van der Waals surface area contributed by atoms with Crippen LogP contribution in [0.3, 0.4) is 0 Å². The summed E-state index contributed by atoms with van der Waals surface area (Å²) in [5.41, 5.74) is 0. The quantitative estimate of drug-likeness (QED) is 0.0431. The molecule has 0 aliphatic heterocycles. The minimum absolute atomic E-state index is 0.0294. The van der Waals surface area contributed by atoms with Gasteiger partial charge in [-0.2, -0.15) is 0 Å². The first-order valence-corrected chi connectivity index (χ1v) is 23.9. The van der Waals surface area contributed by atoms with E-state index >= 15 is 0 Å². The average molecular weight is 734 g/mol. The Morgan fingerprint density at radius 1 is 0.442 bits per heavy atom. The van der Waals surface area contributed by atoms with Gasteiger partial charge in [-0.3, -0.25) is 4.79 Å². The lowest BCUT2D eigenvalue weighted by atomic mass is 10.0. The number of hydrogen-bond donors (Lipinski definition) is 3. The van der Waals surface area contributed by atoms with Crippen LogP contribution < -0.4 is 5.32 Å². The van der Waals surface area contributed by atoms with E-state index in [1.54, 1.807) is 0 Å². The highest BCUT2D eigenvalue weighted by Crippen LogP contribution is 2.16. The first-order chi connectivity index (χ1) is 25.7. The fourth-order valence-corrected chi connectivity index (χ4v) is 7.59. The lowest BCUT2D eigenvalue weighted by Gasteiger charge is -2.22. The second kappa shape index (κ2) is 44.5. The molecule has 0 aromatic rings. The van der Waals surface area contributed by atoms with E-state index < -0.39 is 12.1 Å². The second-order valence-electron chi connectivity index (χ2n) is 16.5. The molecule has 310 valence electrons. The van der Waals surface area contributed by atoms with Crippen LogP contribution in [0, 0.1) is 0 Å². The molecular weight excluding hydrogens is 639 g/mol. The van der Waals surface area contributed by atoms with Gasteiger partial charge in [-0.05, 0) is 38.5 Å². The Morgan fingerprint density at radius 2 is 0.731 bits per heavy atom. The highest BCUT2D eigenvalue weighted by Gasteiger charge is 2.20. The predicted octanol–water partition coefficient (Wildman–Crippen LogP) is 15.0. The van der Waals surface area contributed by atoms with Crippen LogP contribution in [0.25, 0.3) is 0 Å². The molecule has 0 bridgehead atoms. The van der Waals surface area contributed by atoms with Crippen molar-refractivity contribution in [3.05, 3.63) is 12.2 Å². The molecule has 2 atom stereocenters. The Kier molecular flexibility index (Phi) is 43.8. The fraction of sp³-hybridized carbons (Fsp3) is 0.938. The van der Waals surface area contributed by atoms with Crippen molar-refractivity contribution >= 4 is 5.91 Å². The van der Waals surface area contributed by atoms with Crippen molar-refractivity contribution in [1.82, 2.24) is 5.32 Å². The molecular formula is C48H95NO3. The molecule has 0 saturated heterocycles. The smallest absolute Gasteiger partial charge is 0.220 e. The van der Waals surface area contributed by atoms with E-state index in [0.717, 1.165) is 25.7 Å². The molecule has 0 heterocycles. The topological polar surface area (TPSA) is 69.6 Å². The molecule has 0 rings (SSSR count). The number of aliphatic hydroxyl groups excluding tert-OH is 2. The van der Waals surface area contributed by atoms with Crippen molar-refractivity contribution < 1.29 is 15.0 Å². The maximum atomic E-state index is 12.4. The number of amides is 1. The van der Waals surface area contributed by atoms with Gasteiger partial charge in [0.2, 0.25) is 5.91 Å². The third-order valence-electron chi connectivity index (χ3n) is 11.3. The third-order valence-corrected chi connectivity index (χ3v) is 11.3. The van der Waals surface area contributed by atoms with Gasteiger partial charge in [0.25, 0.3) is 0 Å². The molecule has 3 N–H and O–H groups in total. The Bertz CT molecular complexity index is 710. The standard InChI is InChI=1S/C48H95NO3/c1-3-5-7-9-11-13-15-16-17-18-19-20-21-22-23-24-25-26-27-28-29-30-31-32-33-34-36-38-40-42-44-48(52)49-46(45-50)47(51)43-41-39-37-35-14-12-10-8-6-4-2/h22-23,46-47,50-51H,3-21,24-45H2,1-2H3,(H,49,52)/b23-22-. The van der Waals surface area contributed by atoms with E-state index in [2.05, 4.69) is 31.3 Å². The maximum Gasteiger partial charge on any atom is 0.220 e. The average Bonchev–Trinajstić information content (AvgIpc) is 3.15. The van der Waals surface area contributed by atoms with Crippen molar-refractivity contribution in [3.8, 4) is 0 Å². The van der Waals surface area contributed by atoms with Gasteiger partial charge in [-0.1, -0.05) is 238 Å². The first-order valence-electron chi connectivity index (χ1n) is 23.9. The molecule has 0 fully saturated rings. The van der Waals surface area contributed by atoms with Crippen LogP contribution >= 0.6 is 0 Å². The zero-order chi connectivity index (χ0) is 37.8. The molecule has 0 aliphatic carbocycles. The lowest BCUT2D eigenvalue weighted by molar-refractivity contribution is -0.123. The summed E-state index contributed by atoms with van der Waals surface area (Å²) in [6.45, 7) is 4.36. The molecule has 0 spiro atoms. The number of carbonyl (C=O) groups is 1. The van der Waals surface area contributed by atoms with E-state index in [1.807, 2.05) is 0 Å². The summed E-state index contributed by atoms with van der Waals surface area (Å²) >= 11 is 0. The van der Waals surface area contributed by atoms with Gasteiger partial charge in [0, 0.05) is 6.42 Å². The summed E-state index contributed by atoms with van der Waals surface area (Å²) in [7, 11) is 0. The minimum Gasteiger partial charge on any atom is -0.394 e. The molecule has 0 aliphatic rings. The van der Waals surface area contributed by atoms with E-state index in [9.17, 15) is 15.0 Å². The van der Waals surface area contributed by atoms with Crippen molar-refractivity contribution in [2.75, 3.05) is 6.61 Å². The number of hydrogen-bond acceptors (Lipinski definition) is 3. The van der Waals surface area contributed by atoms with Crippen LogP contribution in [0.5, 0.6) is 0 Å². The Labute approximate surface area is 327 Å². The number of rotatable bonds is 44. The zero-order valence-electron chi connectivity index (χ0n) is 35.6. The highest BCUT2D eigenvalue weighted by atomic mass is 16.3. The van der Waals surface area contributed by atoms with Crippen LogP contribution in [0.2, 0.25) is 0 Å². The first kappa shape index (κ1) is 51.1. The monoisotopic (exact) mass is 734 g/mol. The van der Waals surface area contributed by atoms with Gasteiger partial charge in [0.1, 0.15) is 0 Å². The Hall–Kier alpha value is -0.870.